The molecule has 1 aliphatic heterocycles. The van der Waals surface area contributed by atoms with Gasteiger partial charge in [-0.1, -0.05) is 17.7 Å². The number of rotatable bonds is 5. The van der Waals surface area contributed by atoms with Gasteiger partial charge in [0.2, 0.25) is 5.91 Å². The first-order chi connectivity index (χ1) is 12.1. The average Bonchev–Trinajstić information content (AvgIpc) is 2.65. The van der Waals surface area contributed by atoms with Gasteiger partial charge in [0.1, 0.15) is 17.6 Å². The lowest BCUT2D eigenvalue weighted by Gasteiger charge is -2.31. The van der Waals surface area contributed by atoms with Gasteiger partial charge in [-0.05, 0) is 31.2 Å². The molecule has 0 aliphatic carbocycles. The van der Waals surface area contributed by atoms with Crippen LogP contribution in [0.1, 0.15) is 11.3 Å². The highest BCUT2D eigenvalue weighted by Crippen LogP contribution is 2.21. The van der Waals surface area contributed by atoms with Crippen molar-refractivity contribution in [3.63, 3.8) is 0 Å². The number of benzene rings is 1. The summed E-state index contributed by atoms with van der Waals surface area (Å²) < 4.78 is 11.3. The topological polar surface area (TPSA) is 63.7 Å². The first-order valence-corrected chi connectivity index (χ1v) is 8.39. The summed E-state index contributed by atoms with van der Waals surface area (Å²) in [5.74, 6) is 1.42. The SMILES string of the molecule is CNC(=O)[C@@H]1CN(Cc2ccc(Oc3ccc(C)cc3)cn2)CCO1. The predicted octanol–water partition coefficient (Wildman–Crippen LogP) is 2.13. The fourth-order valence-electron chi connectivity index (χ4n) is 2.70. The summed E-state index contributed by atoms with van der Waals surface area (Å²) in [6.07, 6.45) is 1.31. The molecule has 6 heteroatoms. The fraction of sp³-hybridized carbons (Fsp3) is 0.368. The van der Waals surface area contributed by atoms with Crippen LogP contribution < -0.4 is 10.1 Å². The molecule has 1 aromatic heterocycles. The summed E-state index contributed by atoms with van der Waals surface area (Å²) in [6, 6.07) is 11.8. The van der Waals surface area contributed by atoms with Gasteiger partial charge in [-0.2, -0.15) is 0 Å². The molecule has 0 unspecified atom stereocenters. The zero-order chi connectivity index (χ0) is 17.6. The van der Waals surface area contributed by atoms with Crippen LogP contribution in [-0.4, -0.2) is 48.6 Å². The average molecular weight is 341 g/mol. The molecule has 1 fully saturated rings. The summed E-state index contributed by atoms with van der Waals surface area (Å²) in [4.78, 5) is 18.4. The van der Waals surface area contributed by atoms with Gasteiger partial charge < -0.3 is 14.8 Å². The predicted molar refractivity (Wildman–Crippen MR) is 94.6 cm³/mol. The number of ether oxygens (including phenoxy) is 2. The Morgan fingerprint density at radius 3 is 2.72 bits per heavy atom. The first kappa shape index (κ1) is 17.4. The first-order valence-electron chi connectivity index (χ1n) is 8.39. The van der Waals surface area contributed by atoms with E-state index in [4.69, 9.17) is 9.47 Å². The number of carbonyl (C=O) groups excluding carboxylic acids is 1. The van der Waals surface area contributed by atoms with Crippen LogP contribution in [0.3, 0.4) is 0 Å². The van der Waals surface area contributed by atoms with Crippen LogP contribution in [0.4, 0.5) is 0 Å². The van der Waals surface area contributed by atoms with Crippen molar-refractivity contribution in [3.8, 4) is 11.5 Å². The number of morpholine rings is 1. The van der Waals surface area contributed by atoms with Gasteiger partial charge in [0.25, 0.3) is 0 Å². The highest BCUT2D eigenvalue weighted by Gasteiger charge is 2.25. The highest BCUT2D eigenvalue weighted by molar-refractivity contribution is 5.80. The van der Waals surface area contributed by atoms with Crippen LogP contribution in [0.5, 0.6) is 11.5 Å². The molecule has 2 heterocycles. The number of carbonyl (C=O) groups is 1. The molecule has 1 aromatic carbocycles. The van der Waals surface area contributed by atoms with Crippen LogP contribution in [0, 0.1) is 6.92 Å². The highest BCUT2D eigenvalue weighted by atomic mass is 16.5. The maximum Gasteiger partial charge on any atom is 0.250 e. The number of nitrogens with zero attached hydrogens (tertiary/aromatic N) is 2. The third-order valence-electron chi connectivity index (χ3n) is 4.13. The summed E-state index contributed by atoms with van der Waals surface area (Å²) >= 11 is 0. The lowest BCUT2D eigenvalue weighted by molar-refractivity contribution is -0.138. The largest absolute Gasteiger partial charge is 0.456 e. The van der Waals surface area contributed by atoms with Crippen molar-refractivity contribution in [2.24, 2.45) is 0 Å². The van der Waals surface area contributed by atoms with Gasteiger partial charge in [0.15, 0.2) is 0 Å². The van der Waals surface area contributed by atoms with E-state index in [0.29, 0.717) is 25.4 Å². The van der Waals surface area contributed by atoms with Crippen LogP contribution in [0.2, 0.25) is 0 Å². The quantitative estimate of drug-likeness (QED) is 0.903. The van der Waals surface area contributed by atoms with Crippen LogP contribution in [-0.2, 0) is 16.1 Å². The molecular formula is C19H23N3O3. The van der Waals surface area contributed by atoms with E-state index >= 15 is 0 Å². The van der Waals surface area contributed by atoms with Gasteiger partial charge in [0, 0.05) is 26.7 Å². The molecule has 1 atom stereocenters. The van der Waals surface area contributed by atoms with E-state index in [0.717, 1.165) is 18.0 Å². The Morgan fingerprint density at radius 2 is 2.04 bits per heavy atom. The molecule has 0 radical (unpaired) electrons. The normalized spacial score (nSPS) is 17.9. The van der Waals surface area contributed by atoms with Crippen LogP contribution >= 0.6 is 0 Å². The Kier molecular flexibility index (Phi) is 5.63. The fourth-order valence-corrected chi connectivity index (χ4v) is 2.70. The molecular weight excluding hydrogens is 318 g/mol. The Hall–Kier alpha value is -2.44. The molecule has 3 rings (SSSR count). The van der Waals surface area contributed by atoms with Crippen molar-refractivity contribution in [1.29, 1.82) is 0 Å². The minimum absolute atomic E-state index is 0.0838. The standard InChI is InChI=1S/C19H23N3O3/c1-14-3-6-16(7-4-14)25-17-8-5-15(21-11-17)12-22-9-10-24-18(13-22)19(23)20-2/h3-8,11,18H,9-10,12-13H2,1-2H3,(H,20,23)/t18-/m0/s1. The number of aromatic nitrogens is 1. The van der Waals surface area contributed by atoms with Gasteiger partial charge >= 0.3 is 0 Å². The maximum atomic E-state index is 11.7. The van der Waals surface area contributed by atoms with E-state index in [1.807, 2.05) is 43.3 Å². The second kappa shape index (κ2) is 8.09. The van der Waals surface area contributed by atoms with E-state index in [2.05, 4.69) is 15.2 Å². The number of hydrogen-bond acceptors (Lipinski definition) is 5. The van der Waals surface area contributed by atoms with E-state index in [1.54, 1.807) is 13.2 Å². The molecule has 1 aliphatic rings. The van der Waals surface area contributed by atoms with Gasteiger partial charge in [-0.3, -0.25) is 14.7 Å². The number of hydrogen-bond donors (Lipinski definition) is 1. The second-order valence-corrected chi connectivity index (χ2v) is 6.11. The number of amides is 1. The Labute approximate surface area is 147 Å². The summed E-state index contributed by atoms with van der Waals surface area (Å²) in [7, 11) is 1.62. The molecule has 25 heavy (non-hydrogen) atoms. The van der Waals surface area contributed by atoms with E-state index in [1.165, 1.54) is 5.56 Å². The Balaban J connectivity index is 1.57. The minimum Gasteiger partial charge on any atom is -0.456 e. The molecule has 0 bridgehead atoms. The van der Waals surface area contributed by atoms with E-state index in [9.17, 15) is 4.79 Å². The summed E-state index contributed by atoms with van der Waals surface area (Å²) in [5, 5.41) is 2.63. The van der Waals surface area contributed by atoms with Crippen LogP contribution in [0.25, 0.3) is 0 Å². The smallest absolute Gasteiger partial charge is 0.250 e. The maximum absolute atomic E-state index is 11.7. The van der Waals surface area contributed by atoms with Gasteiger partial charge in [-0.15, -0.1) is 0 Å². The molecule has 1 N–H and O–H groups in total. The second-order valence-electron chi connectivity index (χ2n) is 6.11. The monoisotopic (exact) mass is 341 g/mol. The zero-order valence-corrected chi connectivity index (χ0v) is 14.6. The van der Waals surface area contributed by atoms with Crippen molar-refractivity contribution < 1.29 is 14.3 Å². The third kappa shape index (κ3) is 4.78. The van der Waals surface area contributed by atoms with Crippen molar-refractivity contribution in [2.75, 3.05) is 26.7 Å². The zero-order valence-electron chi connectivity index (χ0n) is 14.6. The number of aryl methyl sites for hydroxylation is 1. The number of pyridine rings is 1. The van der Waals surface area contributed by atoms with Crippen LogP contribution in [0.15, 0.2) is 42.6 Å². The molecule has 0 saturated carbocycles. The van der Waals surface area contributed by atoms with Crippen molar-refractivity contribution in [2.45, 2.75) is 19.6 Å². The lowest BCUT2D eigenvalue weighted by Crippen LogP contribution is -2.48. The molecule has 1 amide bonds. The van der Waals surface area contributed by atoms with Crippen molar-refractivity contribution in [1.82, 2.24) is 15.2 Å². The van der Waals surface area contributed by atoms with Gasteiger partial charge in [-0.25, -0.2) is 0 Å². The molecule has 132 valence electrons. The minimum atomic E-state index is -0.414. The number of likely N-dealkylation sites (N-methyl/N-ethyl adjacent to an activating group) is 1. The van der Waals surface area contributed by atoms with Crippen molar-refractivity contribution in [3.05, 3.63) is 53.9 Å². The summed E-state index contributed by atoms with van der Waals surface area (Å²) in [6.45, 7) is 4.63. The molecule has 6 nitrogen and oxygen atoms in total. The molecule has 2 aromatic rings. The Bertz CT molecular complexity index is 701. The summed E-state index contributed by atoms with van der Waals surface area (Å²) in [5.41, 5.74) is 2.13. The molecule has 1 saturated heterocycles. The van der Waals surface area contributed by atoms with Gasteiger partial charge in [0.05, 0.1) is 18.5 Å². The Morgan fingerprint density at radius 1 is 1.28 bits per heavy atom. The van der Waals surface area contributed by atoms with E-state index < -0.39 is 6.10 Å². The van der Waals surface area contributed by atoms with E-state index in [-0.39, 0.29) is 5.91 Å². The molecule has 0 spiro atoms. The van der Waals surface area contributed by atoms with Crippen molar-refractivity contribution >= 4 is 5.91 Å². The third-order valence-corrected chi connectivity index (χ3v) is 4.13. The number of nitrogens with one attached hydrogen (secondary N) is 1. The lowest BCUT2D eigenvalue weighted by atomic mass is 10.2.